The van der Waals surface area contributed by atoms with Crippen LogP contribution in [0.5, 0.6) is 0 Å². The van der Waals surface area contributed by atoms with Gasteiger partial charge in [0.2, 0.25) is 0 Å². The highest BCUT2D eigenvalue weighted by Gasteiger charge is 2.40. The first-order chi connectivity index (χ1) is 20.8. The Kier molecular flexibility index (Phi) is 10.0. The van der Waals surface area contributed by atoms with Gasteiger partial charge < -0.3 is 25.6 Å². The topological polar surface area (TPSA) is 153 Å². The van der Waals surface area contributed by atoms with Gasteiger partial charge in [0, 0.05) is 25.4 Å². The van der Waals surface area contributed by atoms with Gasteiger partial charge in [-0.15, -0.1) is 0 Å². The van der Waals surface area contributed by atoms with E-state index >= 15 is 0 Å². The Morgan fingerprint density at radius 3 is 2.27 bits per heavy atom. The molecule has 0 bridgehead atoms. The molecular formula is C33H41N5O6. The van der Waals surface area contributed by atoms with E-state index in [-0.39, 0.29) is 13.1 Å². The van der Waals surface area contributed by atoms with Gasteiger partial charge in [0.05, 0.1) is 25.8 Å². The number of hydrogen-bond acceptors (Lipinski definition) is 8. The fourth-order valence-electron chi connectivity index (χ4n) is 5.26. The number of alkyl carbamates (subject to hydrolysis) is 1. The second-order valence-electron chi connectivity index (χ2n) is 12.4. The van der Waals surface area contributed by atoms with Crippen molar-refractivity contribution >= 4 is 17.9 Å². The van der Waals surface area contributed by atoms with Gasteiger partial charge in [0.1, 0.15) is 6.04 Å². The van der Waals surface area contributed by atoms with Gasteiger partial charge in [0.15, 0.2) is 5.60 Å². The average molecular weight is 604 g/mol. The summed E-state index contributed by atoms with van der Waals surface area (Å²) in [6, 6.07) is 17.2. The van der Waals surface area contributed by atoms with Crippen LogP contribution in [0, 0.1) is 5.41 Å². The molecule has 5 N–H and O–H groups in total. The molecule has 0 saturated carbocycles. The number of pyridine rings is 1. The van der Waals surface area contributed by atoms with Gasteiger partial charge in [-0.05, 0) is 52.3 Å². The number of rotatable bonds is 10. The van der Waals surface area contributed by atoms with Crippen LogP contribution in [0.2, 0.25) is 0 Å². The Balaban J connectivity index is 1.56. The number of aromatic nitrogens is 1. The summed E-state index contributed by atoms with van der Waals surface area (Å²) in [7, 11) is 1.21. The number of nitrogens with zero attached hydrogens (tertiary/aromatic N) is 2. The molecule has 0 saturated heterocycles. The van der Waals surface area contributed by atoms with Crippen LogP contribution >= 0.6 is 0 Å². The summed E-state index contributed by atoms with van der Waals surface area (Å²) in [4.78, 5) is 43.1. The molecule has 1 aliphatic carbocycles. The SMILES string of the molecule is COC(=O)N[C@H](C(=O)NN(Cc1ccc(-c2ccncc2)cc1)C[C@](C)(O)C(=O)N[C@H]1c2ccccc2C[C@H]1O)C(C)(C)C. The van der Waals surface area contributed by atoms with E-state index in [0.29, 0.717) is 6.42 Å². The van der Waals surface area contributed by atoms with Crippen LogP contribution in [0.3, 0.4) is 0 Å². The first kappa shape index (κ1) is 32.6. The number of carbonyl (C=O) groups excluding carboxylic acids is 3. The van der Waals surface area contributed by atoms with Crippen molar-refractivity contribution in [1.29, 1.82) is 0 Å². The highest BCUT2D eigenvalue weighted by molar-refractivity contribution is 5.87. The van der Waals surface area contributed by atoms with Crippen molar-refractivity contribution in [1.82, 2.24) is 26.1 Å². The van der Waals surface area contributed by atoms with E-state index in [1.54, 1.807) is 33.2 Å². The number of hydrazine groups is 1. The van der Waals surface area contributed by atoms with E-state index in [4.69, 9.17) is 4.74 Å². The number of hydrogen-bond donors (Lipinski definition) is 5. The quantitative estimate of drug-likeness (QED) is 0.222. The van der Waals surface area contributed by atoms with Crippen molar-refractivity contribution in [2.24, 2.45) is 5.41 Å². The van der Waals surface area contributed by atoms with Crippen LogP contribution in [-0.4, -0.2) is 69.5 Å². The summed E-state index contributed by atoms with van der Waals surface area (Å²) in [6.07, 6.45) is 2.22. The van der Waals surface area contributed by atoms with Crippen molar-refractivity contribution in [2.75, 3.05) is 13.7 Å². The summed E-state index contributed by atoms with van der Waals surface area (Å²) >= 11 is 0. The van der Waals surface area contributed by atoms with Gasteiger partial charge in [-0.2, -0.15) is 0 Å². The monoisotopic (exact) mass is 603 g/mol. The van der Waals surface area contributed by atoms with Crippen molar-refractivity contribution in [2.45, 2.75) is 64.4 Å². The van der Waals surface area contributed by atoms with Crippen molar-refractivity contribution < 1.29 is 29.3 Å². The fraction of sp³-hybridized carbons (Fsp3) is 0.394. The van der Waals surface area contributed by atoms with Gasteiger partial charge in [-0.3, -0.25) is 20.0 Å². The van der Waals surface area contributed by atoms with E-state index in [9.17, 15) is 24.6 Å². The van der Waals surface area contributed by atoms with E-state index in [1.807, 2.05) is 60.7 Å². The summed E-state index contributed by atoms with van der Waals surface area (Å²) in [5.41, 5.74) is 4.63. The lowest BCUT2D eigenvalue weighted by molar-refractivity contribution is -0.145. The number of ether oxygens (including phenoxy) is 1. The Morgan fingerprint density at radius 1 is 1.00 bits per heavy atom. The summed E-state index contributed by atoms with van der Waals surface area (Å²) in [5.74, 6) is -1.25. The van der Waals surface area contributed by atoms with E-state index in [1.165, 1.54) is 19.0 Å². The zero-order valence-corrected chi connectivity index (χ0v) is 25.7. The second kappa shape index (κ2) is 13.5. The molecule has 0 spiro atoms. The van der Waals surface area contributed by atoms with E-state index in [2.05, 4.69) is 21.0 Å². The molecule has 3 amide bonds. The predicted molar refractivity (Wildman–Crippen MR) is 165 cm³/mol. The molecule has 4 atom stereocenters. The first-order valence-corrected chi connectivity index (χ1v) is 14.5. The zero-order chi connectivity index (χ0) is 32.1. The molecule has 0 aliphatic heterocycles. The van der Waals surface area contributed by atoms with Gasteiger partial charge in [-0.25, -0.2) is 9.80 Å². The summed E-state index contributed by atoms with van der Waals surface area (Å²) in [6.45, 7) is 6.58. The Labute approximate surface area is 257 Å². The number of carbonyl (C=O) groups is 3. The maximum atomic E-state index is 13.6. The lowest BCUT2D eigenvalue weighted by Gasteiger charge is -2.35. The number of nitrogens with one attached hydrogen (secondary N) is 3. The number of benzene rings is 2. The van der Waals surface area contributed by atoms with E-state index < -0.39 is 47.1 Å². The first-order valence-electron chi connectivity index (χ1n) is 14.5. The van der Waals surface area contributed by atoms with Crippen molar-refractivity contribution in [3.8, 4) is 11.1 Å². The number of amides is 3. The molecule has 234 valence electrons. The molecule has 2 aromatic carbocycles. The Morgan fingerprint density at radius 2 is 1.64 bits per heavy atom. The van der Waals surface area contributed by atoms with Crippen LogP contribution in [0.25, 0.3) is 11.1 Å². The summed E-state index contributed by atoms with van der Waals surface area (Å²) < 4.78 is 4.72. The number of fused-ring (bicyclic) bond motifs is 1. The Bertz CT molecular complexity index is 1460. The van der Waals surface area contributed by atoms with Gasteiger partial charge >= 0.3 is 6.09 Å². The highest BCUT2D eigenvalue weighted by atomic mass is 16.5. The minimum atomic E-state index is -1.98. The molecule has 44 heavy (non-hydrogen) atoms. The molecule has 1 aliphatic rings. The van der Waals surface area contributed by atoms with Gasteiger partial charge in [0.25, 0.3) is 11.8 Å². The number of aliphatic hydroxyl groups excluding tert-OH is 1. The minimum absolute atomic E-state index is 0.135. The second-order valence-corrected chi connectivity index (χ2v) is 12.4. The molecule has 1 aromatic heterocycles. The lowest BCUT2D eigenvalue weighted by Crippen LogP contribution is -2.60. The van der Waals surface area contributed by atoms with Crippen LogP contribution in [0.15, 0.2) is 73.1 Å². The minimum Gasteiger partial charge on any atom is -0.453 e. The molecule has 0 unspecified atom stereocenters. The van der Waals surface area contributed by atoms with Crippen LogP contribution < -0.4 is 16.1 Å². The standard InChI is InChI=1S/C33H41N5O6/c1-32(2,3)28(36-31(42)44-5)29(40)37-38(19-21-10-12-22(13-11-21)23-14-16-34-17-15-23)20-33(4,43)30(41)35-27-25-9-7-6-8-24(25)18-26(27)39/h6-17,26-28,39,43H,18-20H2,1-5H3,(H,35,41)(H,36,42)(H,37,40)/t26-,27+,28-,33+/m1/s1. The molecular weight excluding hydrogens is 562 g/mol. The lowest BCUT2D eigenvalue weighted by atomic mass is 9.86. The summed E-state index contributed by atoms with van der Waals surface area (Å²) in [5, 5.41) is 28.9. The number of methoxy groups -OCH3 is 1. The molecule has 4 rings (SSSR count). The molecule has 11 nitrogen and oxygen atoms in total. The molecule has 0 radical (unpaired) electrons. The van der Waals surface area contributed by atoms with Crippen LogP contribution in [-0.2, 0) is 27.3 Å². The zero-order valence-electron chi connectivity index (χ0n) is 25.7. The maximum absolute atomic E-state index is 13.6. The third-order valence-electron chi connectivity index (χ3n) is 7.66. The predicted octanol–water partition coefficient (Wildman–Crippen LogP) is 2.88. The normalized spacial score (nSPS) is 18.1. The fourth-order valence-corrected chi connectivity index (χ4v) is 5.26. The molecule has 0 fully saturated rings. The smallest absolute Gasteiger partial charge is 0.407 e. The van der Waals surface area contributed by atoms with E-state index in [0.717, 1.165) is 27.8 Å². The van der Waals surface area contributed by atoms with Crippen LogP contribution in [0.1, 0.15) is 50.4 Å². The van der Waals surface area contributed by atoms with Gasteiger partial charge in [-0.1, -0.05) is 69.3 Å². The van der Waals surface area contributed by atoms with Crippen molar-refractivity contribution in [3.05, 3.63) is 89.7 Å². The average Bonchev–Trinajstić information content (AvgIpc) is 3.30. The molecule has 3 aromatic rings. The molecule has 1 heterocycles. The Hall–Kier alpha value is -4.32. The third-order valence-corrected chi connectivity index (χ3v) is 7.66. The largest absolute Gasteiger partial charge is 0.453 e. The highest BCUT2D eigenvalue weighted by Crippen LogP contribution is 2.32. The maximum Gasteiger partial charge on any atom is 0.407 e. The molecule has 11 heteroatoms. The van der Waals surface area contributed by atoms with Crippen LogP contribution in [0.4, 0.5) is 4.79 Å². The number of aliphatic hydroxyl groups is 2. The van der Waals surface area contributed by atoms with Crippen molar-refractivity contribution in [3.63, 3.8) is 0 Å². The third kappa shape index (κ3) is 7.98.